The van der Waals surface area contributed by atoms with Gasteiger partial charge in [0.25, 0.3) is 0 Å². The van der Waals surface area contributed by atoms with Crippen molar-refractivity contribution < 1.29 is 4.42 Å². The van der Waals surface area contributed by atoms with Crippen LogP contribution in [0.5, 0.6) is 0 Å². The minimum absolute atomic E-state index is 0.875. The fraction of sp³-hybridized carbons (Fsp3) is 0.267. The molecule has 0 atom stereocenters. The average Bonchev–Trinajstić information content (AvgIpc) is 3.04. The number of benzene rings is 1. The molecular weight excluding hydrogens is 224 g/mol. The summed E-state index contributed by atoms with van der Waals surface area (Å²) in [6.07, 6.45) is 2.59. The van der Waals surface area contributed by atoms with E-state index in [0.29, 0.717) is 0 Å². The summed E-state index contributed by atoms with van der Waals surface area (Å²) in [5, 5.41) is 3.31. The summed E-state index contributed by atoms with van der Waals surface area (Å²) in [5.74, 6) is 2.02. The summed E-state index contributed by atoms with van der Waals surface area (Å²) in [6, 6.07) is 10.3. The van der Waals surface area contributed by atoms with Gasteiger partial charge in [-0.05, 0) is 30.2 Å². The molecule has 1 N–H and O–H groups in total. The minimum atomic E-state index is 0.875. The fourth-order valence-corrected chi connectivity index (χ4v) is 2.32. The largest absolute Gasteiger partial charge is 0.464 e. The van der Waals surface area contributed by atoms with Crippen molar-refractivity contribution in [3.63, 3.8) is 0 Å². The lowest BCUT2D eigenvalue weighted by Gasteiger charge is -2.10. The summed E-state index contributed by atoms with van der Waals surface area (Å²) in [4.78, 5) is 4.45. The first-order chi connectivity index (χ1) is 8.84. The van der Waals surface area contributed by atoms with Gasteiger partial charge in [-0.25, -0.2) is 0 Å². The molecule has 1 aliphatic heterocycles. The number of hydrogen-bond acceptors (Lipinski definition) is 3. The smallest absolute Gasteiger partial charge is 0.134 e. The van der Waals surface area contributed by atoms with Crippen LogP contribution < -0.4 is 5.32 Å². The van der Waals surface area contributed by atoms with Crippen LogP contribution >= 0.6 is 0 Å². The van der Waals surface area contributed by atoms with Gasteiger partial charge in [0.05, 0.1) is 12.8 Å². The topological polar surface area (TPSA) is 37.5 Å². The summed E-state index contributed by atoms with van der Waals surface area (Å²) in [6.45, 7) is 4.00. The van der Waals surface area contributed by atoms with Gasteiger partial charge in [0, 0.05) is 18.5 Å². The van der Waals surface area contributed by atoms with Gasteiger partial charge in [0.1, 0.15) is 11.6 Å². The number of rotatable bonds is 3. The molecule has 2 aromatic rings. The van der Waals surface area contributed by atoms with Crippen molar-refractivity contribution in [1.29, 1.82) is 0 Å². The first kappa shape index (κ1) is 11.1. The molecule has 0 amide bonds. The van der Waals surface area contributed by atoms with Crippen molar-refractivity contribution in [2.75, 3.05) is 13.1 Å². The van der Waals surface area contributed by atoms with Crippen molar-refractivity contribution in [2.45, 2.75) is 13.3 Å². The fourth-order valence-electron chi connectivity index (χ4n) is 2.32. The Kier molecular flexibility index (Phi) is 2.89. The van der Waals surface area contributed by atoms with Crippen LogP contribution in [0.3, 0.4) is 0 Å². The van der Waals surface area contributed by atoms with E-state index in [2.05, 4.69) is 35.4 Å². The van der Waals surface area contributed by atoms with Gasteiger partial charge in [-0.2, -0.15) is 0 Å². The average molecular weight is 240 g/mol. The Morgan fingerprint density at radius 2 is 2.22 bits per heavy atom. The lowest BCUT2D eigenvalue weighted by Crippen LogP contribution is -2.20. The quantitative estimate of drug-likeness (QED) is 0.895. The van der Waals surface area contributed by atoms with Gasteiger partial charge in [0.15, 0.2) is 0 Å². The standard InChI is InChI=1S/C15H16N2O/c1-11-12(10-15-16-7-8-17-15)4-2-5-13(11)14-6-3-9-18-14/h2-6,9H,7-8,10H2,1H3,(H,16,17). The maximum absolute atomic E-state index is 5.48. The van der Waals surface area contributed by atoms with Gasteiger partial charge >= 0.3 is 0 Å². The Bertz CT molecular complexity index is 570. The lowest BCUT2D eigenvalue weighted by molar-refractivity contribution is 0.582. The van der Waals surface area contributed by atoms with Crippen LogP contribution in [0.1, 0.15) is 11.1 Å². The first-order valence-corrected chi connectivity index (χ1v) is 6.24. The minimum Gasteiger partial charge on any atom is -0.464 e. The zero-order chi connectivity index (χ0) is 12.4. The molecule has 0 aliphatic carbocycles. The molecule has 1 aromatic heterocycles. The van der Waals surface area contributed by atoms with Gasteiger partial charge in [-0.15, -0.1) is 0 Å². The molecule has 0 saturated carbocycles. The van der Waals surface area contributed by atoms with Crippen LogP contribution in [0.2, 0.25) is 0 Å². The van der Waals surface area contributed by atoms with E-state index in [9.17, 15) is 0 Å². The molecule has 1 aromatic carbocycles. The van der Waals surface area contributed by atoms with Crippen molar-refractivity contribution >= 4 is 5.84 Å². The van der Waals surface area contributed by atoms with Crippen molar-refractivity contribution in [2.24, 2.45) is 4.99 Å². The maximum atomic E-state index is 5.48. The molecule has 1 aliphatic rings. The maximum Gasteiger partial charge on any atom is 0.134 e. The predicted octanol–water partition coefficient (Wildman–Crippen LogP) is 2.80. The molecular formula is C15H16N2O. The summed E-state index contributed by atoms with van der Waals surface area (Å²) in [5.41, 5.74) is 3.73. The summed E-state index contributed by atoms with van der Waals surface area (Å²) >= 11 is 0. The molecule has 0 saturated heterocycles. The lowest BCUT2D eigenvalue weighted by atomic mass is 9.98. The SMILES string of the molecule is Cc1c(CC2=NCCN2)cccc1-c1ccco1. The summed E-state index contributed by atoms with van der Waals surface area (Å²) in [7, 11) is 0. The number of nitrogens with one attached hydrogen (secondary N) is 1. The van der Waals surface area contributed by atoms with Crippen molar-refractivity contribution in [3.8, 4) is 11.3 Å². The Labute approximate surface area is 107 Å². The highest BCUT2D eigenvalue weighted by molar-refractivity contribution is 5.86. The van der Waals surface area contributed by atoms with Gasteiger partial charge in [0.2, 0.25) is 0 Å². The zero-order valence-electron chi connectivity index (χ0n) is 10.4. The molecule has 92 valence electrons. The van der Waals surface area contributed by atoms with Crippen LogP contribution in [0.4, 0.5) is 0 Å². The molecule has 0 unspecified atom stereocenters. The Balaban J connectivity index is 1.94. The van der Waals surface area contributed by atoms with E-state index in [0.717, 1.165) is 36.7 Å². The second-order valence-corrected chi connectivity index (χ2v) is 4.50. The molecule has 0 radical (unpaired) electrons. The highest BCUT2D eigenvalue weighted by Crippen LogP contribution is 2.26. The van der Waals surface area contributed by atoms with E-state index in [1.165, 1.54) is 11.1 Å². The van der Waals surface area contributed by atoms with Gasteiger partial charge in [-0.3, -0.25) is 4.99 Å². The zero-order valence-corrected chi connectivity index (χ0v) is 10.4. The van der Waals surface area contributed by atoms with E-state index in [-0.39, 0.29) is 0 Å². The van der Waals surface area contributed by atoms with Crippen LogP contribution in [-0.4, -0.2) is 18.9 Å². The van der Waals surface area contributed by atoms with E-state index >= 15 is 0 Å². The van der Waals surface area contributed by atoms with Crippen LogP contribution in [0.15, 0.2) is 46.0 Å². The monoisotopic (exact) mass is 240 g/mol. The number of aliphatic imine (C=N–C) groups is 1. The predicted molar refractivity (Wildman–Crippen MR) is 72.9 cm³/mol. The van der Waals surface area contributed by atoms with E-state index in [1.54, 1.807) is 6.26 Å². The number of amidine groups is 1. The Hall–Kier alpha value is -2.03. The highest BCUT2D eigenvalue weighted by atomic mass is 16.3. The number of furan rings is 1. The Morgan fingerprint density at radius 1 is 1.28 bits per heavy atom. The van der Waals surface area contributed by atoms with Crippen molar-refractivity contribution in [3.05, 3.63) is 47.7 Å². The highest BCUT2D eigenvalue weighted by Gasteiger charge is 2.11. The first-order valence-electron chi connectivity index (χ1n) is 6.24. The van der Waals surface area contributed by atoms with Gasteiger partial charge < -0.3 is 9.73 Å². The van der Waals surface area contributed by atoms with E-state index in [1.807, 2.05) is 12.1 Å². The van der Waals surface area contributed by atoms with Gasteiger partial charge in [-0.1, -0.05) is 18.2 Å². The van der Waals surface area contributed by atoms with Crippen LogP contribution in [0, 0.1) is 6.92 Å². The normalized spacial score (nSPS) is 14.4. The number of nitrogens with zero attached hydrogens (tertiary/aromatic N) is 1. The van der Waals surface area contributed by atoms with E-state index < -0.39 is 0 Å². The number of hydrogen-bond donors (Lipinski definition) is 1. The molecule has 0 fully saturated rings. The molecule has 3 heteroatoms. The molecule has 3 nitrogen and oxygen atoms in total. The summed E-state index contributed by atoms with van der Waals surface area (Å²) < 4.78 is 5.48. The molecule has 0 bridgehead atoms. The molecule has 3 rings (SSSR count). The van der Waals surface area contributed by atoms with E-state index in [4.69, 9.17) is 4.42 Å². The molecule has 2 heterocycles. The second-order valence-electron chi connectivity index (χ2n) is 4.50. The van der Waals surface area contributed by atoms with Crippen molar-refractivity contribution in [1.82, 2.24) is 5.32 Å². The van der Waals surface area contributed by atoms with Crippen LogP contribution in [0.25, 0.3) is 11.3 Å². The molecule has 18 heavy (non-hydrogen) atoms. The third-order valence-corrected chi connectivity index (χ3v) is 3.33. The Morgan fingerprint density at radius 3 is 2.94 bits per heavy atom. The van der Waals surface area contributed by atoms with Crippen LogP contribution in [-0.2, 0) is 6.42 Å². The third kappa shape index (κ3) is 2.04. The third-order valence-electron chi connectivity index (χ3n) is 3.33. The molecule has 0 spiro atoms. The second kappa shape index (κ2) is 4.69.